The maximum atomic E-state index is 12.3. The number of rotatable bonds is 2. The van der Waals surface area contributed by atoms with Crippen molar-refractivity contribution in [3.05, 3.63) is 23.8 Å². The van der Waals surface area contributed by atoms with Crippen molar-refractivity contribution in [1.82, 2.24) is 19.8 Å². The Hall–Kier alpha value is -2.02. The monoisotopic (exact) mass is 304 g/mol. The fourth-order valence-electron chi connectivity index (χ4n) is 2.77. The number of carbonyl (C=O) groups is 2. The summed E-state index contributed by atoms with van der Waals surface area (Å²) in [4.78, 5) is 36.3. The van der Waals surface area contributed by atoms with E-state index in [0.29, 0.717) is 38.5 Å². The standard InChI is InChI=1S/C15H20N4O3/c1-11-9-17-12(10-16-11)14(20)18-4-6-19(7-5-18)15(21)13-3-2-8-22-13/h9-10,13H,2-8H2,1H3/t13-/m0/s1. The molecule has 3 heterocycles. The molecule has 0 unspecified atom stereocenters. The molecule has 2 aliphatic rings. The van der Waals surface area contributed by atoms with Gasteiger partial charge in [0.15, 0.2) is 0 Å². The molecule has 2 amide bonds. The average Bonchev–Trinajstić information content (AvgIpc) is 3.09. The molecule has 1 aromatic rings. The van der Waals surface area contributed by atoms with Crippen molar-refractivity contribution in [2.45, 2.75) is 25.9 Å². The second-order valence-electron chi connectivity index (χ2n) is 5.66. The van der Waals surface area contributed by atoms with Gasteiger partial charge in [-0.25, -0.2) is 4.98 Å². The third-order valence-corrected chi connectivity index (χ3v) is 4.08. The zero-order valence-corrected chi connectivity index (χ0v) is 12.7. The first-order valence-corrected chi connectivity index (χ1v) is 7.63. The topological polar surface area (TPSA) is 75.6 Å². The number of amides is 2. The third kappa shape index (κ3) is 3.09. The van der Waals surface area contributed by atoms with Crippen LogP contribution in [0.5, 0.6) is 0 Å². The fraction of sp³-hybridized carbons (Fsp3) is 0.600. The quantitative estimate of drug-likeness (QED) is 0.783. The lowest BCUT2D eigenvalue weighted by atomic mass is 10.2. The van der Waals surface area contributed by atoms with Gasteiger partial charge in [0.2, 0.25) is 0 Å². The normalized spacial score (nSPS) is 22.0. The highest BCUT2D eigenvalue weighted by Crippen LogP contribution is 2.16. The summed E-state index contributed by atoms with van der Waals surface area (Å²) in [5.74, 6) is -0.0727. The van der Waals surface area contributed by atoms with Crippen LogP contribution in [0.15, 0.2) is 12.4 Å². The molecule has 22 heavy (non-hydrogen) atoms. The van der Waals surface area contributed by atoms with Crippen molar-refractivity contribution < 1.29 is 14.3 Å². The van der Waals surface area contributed by atoms with Crippen LogP contribution in [-0.4, -0.2) is 70.5 Å². The van der Waals surface area contributed by atoms with Crippen molar-refractivity contribution in [3.63, 3.8) is 0 Å². The van der Waals surface area contributed by atoms with Crippen LogP contribution in [0.25, 0.3) is 0 Å². The van der Waals surface area contributed by atoms with Gasteiger partial charge in [0.25, 0.3) is 11.8 Å². The predicted molar refractivity (Wildman–Crippen MR) is 78.2 cm³/mol. The lowest BCUT2D eigenvalue weighted by molar-refractivity contribution is -0.142. The van der Waals surface area contributed by atoms with Crippen molar-refractivity contribution in [2.75, 3.05) is 32.8 Å². The Morgan fingerprint density at radius 2 is 1.86 bits per heavy atom. The summed E-state index contributed by atoms with van der Waals surface area (Å²) in [5.41, 5.74) is 1.13. The molecular weight excluding hydrogens is 284 g/mol. The first-order valence-electron chi connectivity index (χ1n) is 7.63. The molecule has 7 heteroatoms. The number of ether oxygens (including phenoxy) is 1. The third-order valence-electron chi connectivity index (χ3n) is 4.08. The van der Waals surface area contributed by atoms with E-state index in [1.807, 2.05) is 6.92 Å². The summed E-state index contributed by atoms with van der Waals surface area (Å²) in [6.45, 7) is 4.63. The van der Waals surface area contributed by atoms with Gasteiger partial charge in [-0.1, -0.05) is 0 Å². The van der Waals surface area contributed by atoms with E-state index in [4.69, 9.17) is 4.74 Å². The summed E-state index contributed by atoms with van der Waals surface area (Å²) in [7, 11) is 0. The maximum absolute atomic E-state index is 12.3. The highest BCUT2D eigenvalue weighted by molar-refractivity contribution is 5.92. The second kappa shape index (κ2) is 6.39. The molecule has 0 bridgehead atoms. The van der Waals surface area contributed by atoms with E-state index in [0.717, 1.165) is 18.5 Å². The van der Waals surface area contributed by atoms with Gasteiger partial charge in [0, 0.05) is 39.0 Å². The zero-order valence-electron chi connectivity index (χ0n) is 12.7. The zero-order chi connectivity index (χ0) is 15.5. The largest absolute Gasteiger partial charge is 0.368 e. The maximum Gasteiger partial charge on any atom is 0.274 e. The Balaban J connectivity index is 1.56. The van der Waals surface area contributed by atoms with Gasteiger partial charge >= 0.3 is 0 Å². The number of piperazine rings is 1. The Bertz CT molecular complexity index is 546. The lowest BCUT2D eigenvalue weighted by Crippen LogP contribution is -2.52. The Labute approximate surface area is 129 Å². The second-order valence-corrected chi connectivity index (χ2v) is 5.66. The summed E-state index contributed by atoms with van der Waals surface area (Å²) >= 11 is 0. The van der Waals surface area contributed by atoms with E-state index in [-0.39, 0.29) is 17.9 Å². The van der Waals surface area contributed by atoms with Gasteiger partial charge in [0.1, 0.15) is 11.8 Å². The van der Waals surface area contributed by atoms with Crippen LogP contribution >= 0.6 is 0 Å². The fourth-order valence-corrected chi connectivity index (χ4v) is 2.77. The number of carbonyl (C=O) groups excluding carboxylic acids is 2. The highest BCUT2D eigenvalue weighted by Gasteiger charge is 2.31. The molecule has 0 radical (unpaired) electrons. The van der Waals surface area contributed by atoms with Crippen LogP contribution in [0, 0.1) is 6.92 Å². The molecule has 2 saturated heterocycles. The molecular formula is C15H20N4O3. The molecule has 3 rings (SSSR count). The van der Waals surface area contributed by atoms with Gasteiger partial charge in [0.05, 0.1) is 11.9 Å². The van der Waals surface area contributed by atoms with Crippen molar-refractivity contribution >= 4 is 11.8 Å². The van der Waals surface area contributed by atoms with E-state index in [1.54, 1.807) is 16.0 Å². The lowest BCUT2D eigenvalue weighted by Gasteiger charge is -2.35. The summed E-state index contributed by atoms with van der Waals surface area (Å²) in [6.07, 6.45) is 4.55. The van der Waals surface area contributed by atoms with Crippen LogP contribution in [0.1, 0.15) is 29.0 Å². The van der Waals surface area contributed by atoms with Crippen molar-refractivity contribution in [2.24, 2.45) is 0 Å². The Morgan fingerprint density at radius 3 is 2.45 bits per heavy atom. The number of aryl methyl sites for hydroxylation is 1. The number of aromatic nitrogens is 2. The van der Waals surface area contributed by atoms with Crippen LogP contribution in [-0.2, 0) is 9.53 Å². The number of nitrogens with zero attached hydrogens (tertiary/aromatic N) is 4. The van der Waals surface area contributed by atoms with E-state index in [1.165, 1.54) is 6.20 Å². The molecule has 0 saturated carbocycles. The van der Waals surface area contributed by atoms with Crippen LogP contribution in [0.2, 0.25) is 0 Å². The van der Waals surface area contributed by atoms with E-state index in [2.05, 4.69) is 9.97 Å². The number of hydrogen-bond donors (Lipinski definition) is 0. The van der Waals surface area contributed by atoms with Gasteiger partial charge in [-0.05, 0) is 19.8 Å². The van der Waals surface area contributed by atoms with Crippen molar-refractivity contribution in [1.29, 1.82) is 0 Å². The first kappa shape index (κ1) is 14.9. The molecule has 1 aromatic heterocycles. The molecule has 118 valence electrons. The molecule has 2 aliphatic heterocycles. The van der Waals surface area contributed by atoms with Gasteiger partial charge in [-0.3, -0.25) is 14.6 Å². The summed E-state index contributed by atoms with van der Waals surface area (Å²) in [5, 5.41) is 0. The minimum Gasteiger partial charge on any atom is -0.368 e. The Kier molecular flexibility index (Phi) is 4.33. The molecule has 0 N–H and O–H groups in total. The average molecular weight is 304 g/mol. The van der Waals surface area contributed by atoms with Crippen LogP contribution in [0.3, 0.4) is 0 Å². The van der Waals surface area contributed by atoms with Crippen molar-refractivity contribution in [3.8, 4) is 0 Å². The number of hydrogen-bond acceptors (Lipinski definition) is 5. The molecule has 0 spiro atoms. The smallest absolute Gasteiger partial charge is 0.274 e. The highest BCUT2D eigenvalue weighted by atomic mass is 16.5. The van der Waals surface area contributed by atoms with E-state index < -0.39 is 0 Å². The van der Waals surface area contributed by atoms with Gasteiger partial charge < -0.3 is 14.5 Å². The summed E-state index contributed by atoms with van der Waals surface area (Å²) < 4.78 is 5.43. The molecule has 0 aliphatic carbocycles. The van der Waals surface area contributed by atoms with Gasteiger partial charge in [-0.15, -0.1) is 0 Å². The minimum atomic E-state index is -0.287. The minimum absolute atomic E-state index is 0.0553. The van der Waals surface area contributed by atoms with Gasteiger partial charge in [-0.2, -0.15) is 0 Å². The van der Waals surface area contributed by atoms with Crippen LogP contribution in [0.4, 0.5) is 0 Å². The van der Waals surface area contributed by atoms with E-state index in [9.17, 15) is 9.59 Å². The predicted octanol–water partition coefficient (Wildman–Crippen LogP) is 0.248. The SMILES string of the molecule is Cc1cnc(C(=O)N2CCN(C(=O)[C@@H]3CCCO3)CC2)cn1. The molecule has 7 nitrogen and oxygen atoms in total. The van der Waals surface area contributed by atoms with E-state index >= 15 is 0 Å². The first-order chi connectivity index (χ1) is 10.6. The summed E-state index contributed by atoms with van der Waals surface area (Å²) in [6, 6.07) is 0. The Morgan fingerprint density at radius 1 is 1.14 bits per heavy atom. The molecule has 0 aromatic carbocycles. The molecule has 1 atom stereocenters. The van der Waals surface area contributed by atoms with Crippen LogP contribution < -0.4 is 0 Å². The molecule has 2 fully saturated rings.